The quantitative estimate of drug-likeness (QED) is 0.728. The number of carbonyl (C=O) groups excluding carboxylic acids is 1. The van der Waals surface area contributed by atoms with E-state index in [2.05, 4.69) is 18.2 Å². The molecule has 5 heteroatoms. The van der Waals surface area contributed by atoms with E-state index < -0.39 is 0 Å². The van der Waals surface area contributed by atoms with Gasteiger partial charge in [-0.15, -0.1) is 0 Å². The van der Waals surface area contributed by atoms with E-state index in [0.717, 1.165) is 11.0 Å². The van der Waals surface area contributed by atoms with Crippen LogP contribution in [0.2, 0.25) is 0 Å². The van der Waals surface area contributed by atoms with Crippen molar-refractivity contribution in [2.24, 2.45) is 0 Å². The second-order valence-electron chi connectivity index (χ2n) is 6.30. The third-order valence-electron chi connectivity index (χ3n) is 4.83. The Bertz CT molecular complexity index is 712. The lowest BCUT2D eigenvalue weighted by Crippen LogP contribution is -2.35. The normalized spacial score (nSPS) is 20.8. The molecule has 1 heterocycles. The Morgan fingerprint density at radius 2 is 2.17 bits per heavy atom. The number of benzene rings is 1. The van der Waals surface area contributed by atoms with Gasteiger partial charge in [0.1, 0.15) is 16.9 Å². The zero-order valence-corrected chi connectivity index (χ0v) is 15.4. The SMILES string of the molecule is CCOC(=O)c1c(CN(C)[C@@H]2CCC[C@@H]2SC)oc2ccccc12. The number of rotatable bonds is 6. The van der Waals surface area contributed by atoms with Crippen molar-refractivity contribution in [3.8, 4) is 0 Å². The molecule has 0 spiro atoms. The number of ether oxygens (including phenoxy) is 1. The molecule has 4 nitrogen and oxygen atoms in total. The summed E-state index contributed by atoms with van der Waals surface area (Å²) in [7, 11) is 2.13. The highest BCUT2D eigenvalue weighted by Crippen LogP contribution is 2.34. The Kier molecular flexibility index (Phi) is 5.51. The monoisotopic (exact) mass is 347 g/mol. The van der Waals surface area contributed by atoms with Crippen LogP contribution in [0.25, 0.3) is 11.0 Å². The van der Waals surface area contributed by atoms with Gasteiger partial charge in [0.15, 0.2) is 0 Å². The molecule has 0 N–H and O–H groups in total. The maximum atomic E-state index is 12.5. The summed E-state index contributed by atoms with van der Waals surface area (Å²) in [5.41, 5.74) is 1.33. The molecule has 0 unspecified atom stereocenters. The van der Waals surface area contributed by atoms with Gasteiger partial charge in [-0.25, -0.2) is 4.79 Å². The summed E-state index contributed by atoms with van der Waals surface area (Å²) < 4.78 is 11.3. The molecule has 2 atom stereocenters. The predicted molar refractivity (Wildman–Crippen MR) is 98.6 cm³/mol. The van der Waals surface area contributed by atoms with Gasteiger partial charge in [0.05, 0.1) is 13.2 Å². The highest BCUT2D eigenvalue weighted by atomic mass is 32.2. The molecule has 3 rings (SSSR count). The van der Waals surface area contributed by atoms with Crippen LogP contribution in [-0.4, -0.2) is 42.1 Å². The number of nitrogens with zero attached hydrogens (tertiary/aromatic N) is 1. The Morgan fingerprint density at radius 1 is 1.38 bits per heavy atom. The molecule has 1 aliphatic carbocycles. The molecular weight excluding hydrogens is 322 g/mol. The van der Waals surface area contributed by atoms with Gasteiger partial charge in [0, 0.05) is 16.7 Å². The lowest BCUT2D eigenvalue weighted by atomic mass is 10.1. The molecule has 0 amide bonds. The number of furan rings is 1. The third kappa shape index (κ3) is 3.33. The Balaban J connectivity index is 1.90. The molecule has 0 aliphatic heterocycles. The minimum absolute atomic E-state index is 0.293. The highest BCUT2D eigenvalue weighted by Gasteiger charge is 2.31. The fourth-order valence-corrected chi connectivity index (χ4v) is 4.72. The molecule has 1 fully saturated rings. The first-order valence-corrected chi connectivity index (χ1v) is 9.85. The average Bonchev–Trinajstić information content (AvgIpc) is 3.18. The van der Waals surface area contributed by atoms with Crippen LogP contribution in [-0.2, 0) is 11.3 Å². The van der Waals surface area contributed by atoms with Crippen molar-refractivity contribution >= 4 is 28.7 Å². The van der Waals surface area contributed by atoms with Crippen LogP contribution in [0.1, 0.15) is 42.3 Å². The first-order chi connectivity index (χ1) is 11.7. The van der Waals surface area contributed by atoms with Crippen molar-refractivity contribution in [2.75, 3.05) is 19.9 Å². The highest BCUT2D eigenvalue weighted by molar-refractivity contribution is 7.99. The smallest absolute Gasteiger partial charge is 0.342 e. The molecule has 0 bridgehead atoms. The summed E-state index contributed by atoms with van der Waals surface area (Å²) in [5, 5.41) is 1.50. The molecule has 1 saturated carbocycles. The van der Waals surface area contributed by atoms with Crippen LogP contribution in [0, 0.1) is 0 Å². The predicted octanol–water partition coefficient (Wildman–Crippen LogP) is 4.33. The van der Waals surface area contributed by atoms with Crippen molar-refractivity contribution in [1.82, 2.24) is 4.90 Å². The summed E-state index contributed by atoms with van der Waals surface area (Å²) in [6.45, 7) is 2.82. The van der Waals surface area contributed by atoms with E-state index in [9.17, 15) is 4.79 Å². The van der Waals surface area contributed by atoms with Crippen LogP contribution >= 0.6 is 11.8 Å². The Morgan fingerprint density at radius 3 is 2.92 bits per heavy atom. The minimum atomic E-state index is -0.293. The lowest BCUT2D eigenvalue weighted by molar-refractivity contribution is 0.0523. The zero-order chi connectivity index (χ0) is 17.1. The van der Waals surface area contributed by atoms with Crippen LogP contribution < -0.4 is 0 Å². The first-order valence-electron chi connectivity index (χ1n) is 8.56. The van der Waals surface area contributed by atoms with E-state index in [1.165, 1.54) is 19.3 Å². The number of esters is 1. The molecular formula is C19H25NO3S. The topological polar surface area (TPSA) is 42.7 Å². The number of hydrogen-bond acceptors (Lipinski definition) is 5. The van der Waals surface area contributed by atoms with Gasteiger partial charge >= 0.3 is 5.97 Å². The van der Waals surface area contributed by atoms with Crippen LogP contribution in [0.15, 0.2) is 28.7 Å². The van der Waals surface area contributed by atoms with Gasteiger partial charge in [0.25, 0.3) is 0 Å². The first kappa shape index (κ1) is 17.4. The van der Waals surface area contributed by atoms with Gasteiger partial charge in [-0.1, -0.05) is 24.6 Å². The van der Waals surface area contributed by atoms with Crippen LogP contribution in [0.4, 0.5) is 0 Å². The van der Waals surface area contributed by atoms with Gasteiger partial charge in [-0.3, -0.25) is 4.90 Å². The number of thioether (sulfide) groups is 1. The zero-order valence-electron chi connectivity index (χ0n) is 14.6. The lowest BCUT2D eigenvalue weighted by Gasteiger charge is -2.28. The fourth-order valence-electron chi connectivity index (χ4n) is 3.66. The maximum Gasteiger partial charge on any atom is 0.342 e. The van der Waals surface area contributed by atoms with Gasteiger partial charge in [-0.05, 0) is 39.1 Å². The largest absolute Gasteiger partial charge is 0.462 e. The number of fused-ring (bicyclic) bond motifs is 1. The molecule has 1 aliphatic rings. The van der Waals surface area contributed by atoms with Crippen molar-refractivity contribution in [3.63, 3.8) is 0 Å². The van der Waals surface area contributed by atoms with E-state index in [1.54, 1.807) is 0 Å². The van der Waals surface area contributed by atoms with E-state index in [1.807, 2.05) is 43.0 Å². The summed E-state index contributed by atoms with van der Waals surface area (Å²) in [6.07, 6.45) is 5.92. The second-order valence-corrected chi connectivity index (χ2v) is 7.38. The summed E-state index contributed by atoms with van der Waals surface area (Å²) in [6, 6.07) is 8.21. The second kappa shape index (κ2) is 7.62. The van der Waals surface area contributed by atoms with Crippen molar-refractivity contribution < 1.29 is 13.9 Å². The van der Waals surface area contributed by atoms with Gasteiger partial charge < -0.3 is 9.15 Å². The van der Waals surface area contributed by atoms with E-state index in [-0.39, 0.29) is 5.97 Å². The fraction of sp³-hybridized carbons (Fsp3) is 0.526. The molecule has 0 radical (unpaired) electrons. The molecule has 130 valence electrons. The van der Waals surface area contributed by atoms with Crippen LogP contribution in [0.3, 0.4) is 0 Å². The molecule has 2 aromatic rings. The van der Waals surface area contributed by atoms with Gasteiger partial charge in [-0.2, -0.15) is 11.8 Å². The Hall–Kier alpha value is -1.46. The molecule has 1 aromatic heterocycles. The molecule has 1 aromatic carbocycles. The summed E-state index contributed by atoms with van der Waals surface area (Å²) >= 11 is 1.94. The van der Waals surface area contributed by atoms with Crippen molar-refractivity contribution in [1.29, 1.82) is 0 Å². The molecule has 24 heavy (non-hydrogen) atoms. The average molecular weight is 347 g/mol. The number of para-hydroxylation sites is 1. The van der Waals surface area contributed by atoms with E-state index in [0.29, 0.717) is 35.8 Å². The van der Waals surface area contributed by atoms with Crippen LogP contribution in [0.5, 0.6) is 0 Å². The number of carbonyl (C=O) groups is 1. The van der Waals surface area contributed by atoms with Crippen molar-refractivity contribution in [3.05, 3.63) is 35.6 Å². The van der Waals surface area contributed by atoms with E-state index in [4.69, 9.17) is 9.15 Å². The molecule has 0 saturated heterocycles. The minimum Gasteiger partial charge on any atom is -0.462 e. The van der Waals surface area contributed by atoms with Crippen molar-refractivity contribution in [2.45, 2.75) is 44.0 Å². The van der Waals surface area contributed by atoms with E-state index >= 15 is 0 Å². The maximum absolute atomic E-state index is 12.5. The number of hydrogen-bond donors (Lipinski definition) is 0. The summed E-state index contributed by atoms with van der Waals surface area (Å²) in [5.74, 6) is 0.419. The standard InChI is InChI=1S/C19H25NO3S/c1-4-22-19(21)18-13-8-5-6-10-15(13)23-16(18)12-20(2)14-9-7-11-17(14)24-3/h5-6,8,10,14,17H,4,7,9,11-12H2,1-3H3/t14-,17+/m1/s1. The third-order valence-corrected chi connectivity index (χ3v) is 5.98. The Labute approximate surface area is 147 Å². The summed E-state index contributed by atoms with van der Waals surface area (Å²) in [4.78, 5) is 14.8. The van der Waals surface area contributed by atoms with Gasteiger partial charge in [0.2, 0.25) is 0 Å².